The van der Waals surface area contributed by atoms with Gasteiger partial charge in [-0.1, -0.05) is 44.0 Å². The normalized spacial score (nSPS) is 19.4. The third-order valence-corrected chi connectivity index (χ3v) is 2.90. The van der Waals surface area contributed by atoms with Gasteiger partial charge in [0.25, 0.3) is 0 Å². The molecule has 2 rings (SSSR count). The Morgan fingerprint density at radius 3 is 3.07 bits per heavy atom. The second-order valence-corrected chi connectivity index (χ2v) is 3.96. The fraction of sp³-hybridized carbons (Fsp3) is 0.462. The summed E-state index contributed by atoms with van der Waals surface area (Å²) in [5.74, 6) is 0.663. The van der Waals surface area contributed by atoms with E-state index >= 15 is 0 Å². The van der Waals surface area contributed by atoms with Gasteiger partial charge in [-0.15, -0.1) is 0 Å². The van der Waals surface area contributed by atoms with Crippen molar-refractivity contribution in [2.24, 2.45) is 4.99 Å². The van der Waals surface area contributed by atoms with E-state index in [1.54, 1.807) is 0 Å². The van der Waals surface area contributed by atoms with Crippen molar-refractivity contribution in [3.05, 3.63) is 35.4 Å². The van der Waals surface area contributed by atoms with Crippen molar-refractivity contribution in [2.45, 2.75) is 32.1 Å². The van der Waals surface area contributed by atoms with E-state index in [1.807, 2.05) is 6.21 Å². The van der Waals surface area contributed by atoms with Crippen LogP contribution in [0.1, 0.15) is 43.2 Å². The van der Waals surface area contributed by atoms with Crippen molar-refractivity contribution in [1.29, 1.82) is 0 Å². The average molecular weight is 187 g/mol. The number of benzene rings is 1. The van der Waals surface area contributed by atoms with Crippen LogP contribution in [0.25, 0.3) is 0 Å². The first kappa shape index (κ1) is 9.45. The molecule has 1 aromatic rings. The number of unbranched alkanes of at least 4 members (excludes halogenated alkanes) is 1. The maximum Gasteiger partial charge on any atom is 0.0458 e. The Bertz CT molecular complexity index is 328. The molecule has 1 unspecified atom stereocenters. The summed E-state index contributed by atoms with van der Waals surface area (Å²) in [4.78, 5) is 4.43. The molecule has 1 nitrogen and oxygen atoms in total. The van der Waals surface area contributed by atoms with Crippen LogP contribution in [0.15, 0.2) is 29.3 Å². The second-order valence-electron chi connectivity index (χ2n) is 3.96. The SMILES string of the molecule is CCCCC1CN=Cc2ccccc21. The highest BCUT2D eigenvalue weighted by Gasteiger charge is 2.16. The molecule has 0 aromatic heterocycles. The molecule has 0 saturated heterocycles. The van der Waals surface area contributed by atoms with Gasteiger partial charge in [0, 0.05) is 18.7 Å². The third-order valence-electron chi connectivity index (χ3n) is 2.90. The van der Waals surface area contributed by atoms with Gasteiger partial charge in [0.05, 0.1) is 0 Å². The van der Waals surface area contributed by atoms with Crippen LogP contribution in [-0.4, -0.2) is 12.8 Å². The molecule has 0 saturated carbocycles. The number of rotatable bonds is 3. The molecule has 14 heavy (non-hydrogen) atoms. The zero-order chi connectivity index (χ0) is 9.80. The van der Waals surface area contributed by atoms with E-state index in [0.29, 0.717) is 5.92 Å². The molecule has 0 N–H and O–H groups in total. The fourth-order valence-corrected chi connectivity index (χ4v) is 2.07. The molecule has 0 spiro atoms. The van der Waals surface area contributed by atoms with Crippen molar-refractivity contribution in [2.75, 3.05) is 6.54 Å². The predicted molar refractivity (Wildman–Crippen MR) is 61.2 cm³/mol. The second kappa shape index (κ2) is 4.41. The molecule has 0 amide bonds. The number of hydrogen-bond donors (Lipinski definition) is 0. The molecule has 1 aliphatic heterocycles. The smallest absolute Gasteiger partial charge is 0.0458 e. The number of hydrogen-bond acceptors (Lipinski definition) is 1. The minimum Gasteiger partial charge on any atom is -0.292 e. The largest absolute Gasteiger partial charge is 0.292 e. The maximum atomic E-state index is 4.43. The van der Waals surface area contributed by atoms with Gasteiger partial charge in [-0.25, -0.2) is 0 Å². The molecule has 1 aliphatic rings. The summed E-state index contributed by atoms with van der Waals surface area (Å²) in [6, 6.07) is 8.64. The number of nitrogens with zero attached hydrogens (tertiary/aromatic N) is 1. The van der Waals surface area contributed by atoms with Crippen molar-refractivity contribution < 1.29 is 0 Å². The van der Waals surface area contributed by atoms with Gasteiger partial charge in [-0.3, -0.25) is 4.99 Å². The lowest BCUT2D eigenvalue weighted by Gasteiger charge is -2.20. The zero-order valence-electron chi connectivity index (χ0n) is 8.74. The van der Waals surface area contributed by atoms with E-state index in [9.17, 15) is 0 Å². The van der Waals surface area contributed by atoms with Crippen molar-refractivity contribution in [1.82, 2.24) is 0 Å². The van der Waals surface area contributed by atoms with Crippen LogP contribution in [0.2, 0.25) is 0 Å². The van der Waals surface area contributed by atoms with E-state index in [1.165, 1.54) is 30.4 Å². The van der Waals surface area contributed by atoms with Crippen molar-refractivity contribution in [3.63, 3.8) is 0 Å². The zero-order valence-corrected chi connectivity index (χ0v) is 8.74. The van der Waals surface area contributed by atoms with Crippen LogP contribution in [0, 0.1) is 0 Å². The molecular weight excluding hydrogens is 170 g/mol. The monoisotopic (exact) mass is 187 g/mol. The van der Waals surface area contributed by atoms with Crippen LogP contribution in [0.3, 0.4) is 0 Å². The summed E-state index contributed by atoms with van der Waals surface area (Å²) < 4.78 is 0. The molecule has 1 atom stereocenters. The molecule has 0 radical (unpaired) electrons. The fourth-order valence-electron chi connectivity index (χ4n) is 2.07. The Kier molecular flexibility index (Phi) is 2.97. The summed E-state index contributed by atoms with van der Waals surface area (Å²) in [6.07, 6.45) is 5.89. The lowest BCUT2D eigenvalue weighted by Crippen LogP contribution is -2.10. The highest BCUT2D eigenvalue weighted by atomic mass is 14.7. The Morgan fingerprint density at radius 2 is 2.21 bits per heavy atom. The summed E-state index contributed by atoms with van der Waals surface area (Å²) in [5.41, 5.74) is 2.82. The number of aliphatic imine (C=N–C) groups is 1. The van der Waals surface area contributed by atoms with E-state index in [0.717, 1.165) is 6.54 Å². The standard InChI is InChI=1S/C13H17N/c1-2-3-6-11-9-14-10-12-7-4-5-8-13(11)12/h4-5,7-8,10-11H,2-3,6,9H2,1H3. The molecule has 1 aromatic carbocycles. The van der Waals surface area contributed by atoms with E-state index in [4.69, 9.17) is 0 Å². The maximum absolute atomic E-state index is 4.43. The van der Waals surface area contributed by atoms with Gasteiger partial charge in [0.1, 0.15) is 0 Å². The lowest BCUT2D eigenvalue weighted by atomic mass is 9.89. The highest BCUT2D eigenvalue weighted by molar-refractivity contribution is 5.83. The third kappa shape index (κ3) is 1.87. The van der Waals surface area contributed by atoms with E-state index in [2.05, 4.69) is 36.2 Å². The lowest BCUT2D eigenvalue weighted by molar-refractivity contribution is 0.588. The van der Waals surface area contributed by atoms with Gasteiger partial charge in [0.15, 0.2) is 0 Å². The van der Waals surface area contributed by atoms with Crippen LogP contribution in [0.5, 0.6) is 0 Å². The van der Waals surface area contributed by atoms with Gasteiger partial charge in [-0.2, -0.15) is 0 Å². The Morgan fingerprint density at radius 1 is 1.36 bits per heavy atom. The first-order chi connectivity index (χ1) is 6.92. The van der Waals surface area contributed by atoms with Crippen molar-refractivity contribution >= 4 is 6.21 Å². The molecular formula is C13H17N. The quantitative estimate of drug-likeness (QED) is 0.687. The molecule has 0 bridgehead atoms. The molecule has 0 fully saturated rings. The Balaban J connectivity index is 2.18. The molecule has 0 aliphatic carbocycles. The van der Waals surface area contributed by atoms with Crippen LogP contribution >= 0.6 is 0 Å². The first-order valence-corrected chi connectivity index (χ1v) is 5.50. The summed E-state index contributed by atoms with van der Waals surface area (Å²) in [7, 11) is 0. The van der Waals surface area contributed by atoms with Gasteiger partial charge >= 0.3 is 0 Å². The highest BCUT2D eigenvalue weighted by Crippen LogP contribution is 2.27. The van der Waals surface area contributed by atoms with Gasteiger partial charge in [0.2, 0.25) is 0 Å². The summed E-state index contributed by atoms with van der Waals surface area (Å²) in [5, 5.41) is 0. The molecule has 74 valence electrons. The molecule has 1 heteroatoms. The van der Waals surface area contributed by atoms with E-state index < -0.39 is 0 Å². The topological polar surface area (TPSA) is 12.4 Å². The van der Waals surface area contributed by atoms with E-state index in [-0.39, 0.29) is 0 Å². The predicted octanol–water partition coefficient (Wildman–Crippen LogP) is 3.39. The van der Waals surface area contributed by atoms with Crippen LogP contribution in [0.4, 0.5) is 0 Å². The minimum absolute atomic E-state index is 0.663. The van der Waals surface area contributed by atoms with Crippen LogP contribution in [-0.2, 0) is 0 Å². The summed E-state index contributed by atoms with van der Waals surface area (Å²) >= 11 is 0. The van der Waals surface area contributed by atoms with Gasteiger partial charge < -0.3 is 0 Å². The van der Waals surface area contributed by atoms with Crippen LogP contribution < -0.4 is 0 Å². The van der Waals surface area contributed by atoms with Crippen molar-refractivity contribution in [3.8, 4) is 0 Å². The average Bonchev–Trinajstić information content (AvgIpc) is 2.26. The summed E-state index contributed by atoms with van der Waals surface area (Å²) in [6.45, 7) is 3.23. The minimum atomic E-state index is 0.663. The first-order valence-electron chi connectivity index (χ1n) is 5.50. The van der Waals surface area contributed by atoms with Gasteiger partial charge in [-0.05, 0) is 17.5 Å². The Labute approximate surface area is 85.9 Å². The molecule has 1 heterocycles. The number of fused-ring (bicyclic) bond motifs is 1. The Hall–Kier alpha value is -1.11.